The van der Waals surface area contributed by atoms with Gasteiger partial charge < -0.3 is 31.3 Å². The number of morpholine rings is 1. The van der Waals surface area contributed by atoms with Crippen molar-refractivity contribution in [2.45, 2.75) is 45.2 Å². The van der Waals surface area contributed by atoms with E-state index in [-0.39, 0.29) is 6.04 Å². The molecule has 0 bridgehead atoms. The number of nitrogens with one attached hydrogen (secondary N) is 5. The molecule has 1 unspecified atom stereocenters. The summed E-state index contributed by atoms with van der Waals surface area (Å²) >= 11 is 0. The van der Waals surface area contributed by atoms with Crippen LogP contribution in [0.2, 0.25) is 0 Å². The summed E-state index contributed by atoms with van der Waals surface area (Å²) in [6.07, 6.45) is 6.80. The fourth-order valence-corrected chi connectivity index (χ4v) is 7.46. The van der Waals surface area contributed by atoms with Gasteiger partial charge in [0, 0.05) is 53.0 Å². The summed E-state index contributed by atoms with van der Waals surface area (Å²) in [6.45, 7) is 15.8. The molecule has 4 aromatic carbocycles. The smallest absolute Gasteiger partial charge is 0.207 e. The topological polar surface area (TPSA) is 105 Å². The van der Waals surface area contributed by atoms with Crippen molar-refractivity contribution in [2.75, 3.05) is 79.8 Å². The number of carbonyl (C=O) groups excluding carboxylic acids is 1. The number of rotatable bonds is 24. The predicted molar refractivity (Wildman–Crippen MR) is 238 cm³/mol. The molecule has 10 nitrogen and oxygen atoms in total. The van der Waals surface area contributed by atoms with E-state index in [0.29, 0.717) is 19.8 Å². The van der Waals surface area contributed by atoms with E-state index in [0.717, 1.165) is 102 Å². The Balaban J connectivity index is 1.07. The molecule has 1 amide bonds. The van der Waals surface area contributed by atoms with Gasteiger partial charge >= 0.3 is 0 Å². The van der Waals surface area contributed by atoms with E-state index in [2.05, 4.69) is 146 Å². The van der Waals surface area contributed by atoms with Gasteiger partial charge in [0.05, 0.1) is 38.2 Å². The molecule has 1 aliphatic heterocycles. The fraction of sp³-hybridized carbons (Fsp3) is 0.404. The van der Waals surface area contributed by atoms with Crippen LogP contribution in [0.25, 0.3) is 27.6 Å². The lowest BCUT2D eigenvalue weighted by Gasteiger charge is -2.36. The number of carbonyl (C=O) groups is 1. The second-order valence-electron chi connectivity index (χ2n) is 14.6. The molecular formula is C47H64N8O2. The number of hydrogen-bond acceptors (Lipinski definition) is 8. The van der Waals surface area contributed by atoms with E-state index in [9.17, 15) is 4.79 Å². The van der Waals surface area contributed by atoms with Gasteiger partial charge in [-0.1, -0.05) is 97.9 Å². The van der Waals surface area contributed by atoms with Gasteiger partial charge in [-0.3, -0.25) is 19.6 Å². The summed E-state index contributed by atoms with van der Waals surface area (Å²) in [5.41, 5.74) is 8.34. The predicted octanol–water partition coefficient (Wildman–Crippen LogP) is 6.54. The van der Waals surface area contributed by atoms with Crippen molar-refractivity contribution < 1.29 is 9.53 Å². The Labute approximate surface area is 340 Å². The Bertz CT molecular complexity index is 1870. The number of benzene rings is 4. The maximum absolute atomic E-state index is 10.6. The van der Waals surface area contributed by atoms with Crippen LogP contribution in [0.15, 0.2) is 114 Å². The second kappa shape index (κ2) is 23.9. The summed E-state index contributed by atoms with van der Waals surface area (Å²) < 4.78 is 5.62. The van der Waals surface area contributed by atoms with Crippen LogP contribution in [0.1, 0.15) is 55.3 Å². The molecule has 10 heteroatoms. The van der Waals surface area contributed by atoms with Gasteiger partial charge in [-0.2, -0.15) is 0 Å². The lowest BCUT2D eigenvalue weighted by molar-refractivity contribution is -0.109. The minimum Gasteiger partial charge on any atom is -0.386 e. The van der Waals surface area contributed by atoms with Gasteiger partial charge in [0.15, 0.2) is 0 Å². The van der Waals surface area contributed by atoms with Crippen molar-refractivity contribution >= 4 is 28.7 Å². The second-order valence-corrected chi connectivity index (χ2v) is 14.6. The van der Waals surface area contributed by atoms with E-state index in [4.69, 9.17) is 4.74 Å². The zero-order valence-corrected chi connectivity index (χ0v) is 34.4. The molecule has 5 N–H and O–H groups in total. The van der Waals surface area contributed by atoms with E-state index in [1.165, 1.54) is 38.6 Å². The van der Waals surface area contributed by atoms with Gasteiger partial charge in [0.25, 0.3) is 0 Å². The maximum atomic E-state index is 10.6. The molecule has 1 atom stereocenters. The van der Waals surface area contributed by atoms with Gasteiger partial charge in [-0.25, -0.2) is 0 Å². The van der Waals surface area contributed by atoms with Crippen molar-refractivity contribution in [3.63, 3.8) is 0 Å². The first-order chi connectivity index (χ1) is 28.0. The van der Waals surface area contributed by atoms with Gasteiger partial charge in [0.2, 0.25) is 6.41 Å². The van der Waals surface area contributed by atoms with Crippen molar-refractivity contribution in [1.29, 1.82) is 0 Å². The quantitative estimate of drug-likeness (QED) is 0.0137. The third kappa shape index (κ3) is 13.6. The number of aliphatic imine (C=N–C) groups is 1. The Morgan fingerprint density at radius 3 is 2.40 bits per heavy atom. The third-order valence-electron chi connectivity index (χ3n) is 10.5. The highest BCUT2D eigenvalue weighted by Gasteiger charge is 2.24. The highest BCUT2D eigenvalue weighted by molar-refractivity contribution is 5.88. The largest absolute Gasteiger partial charge is 0.386 e. The van der Waals surface area contributed by atoms with Crippen LogP contribution in [0.5, 0.6) is 0 Å². The Hall–Kier alpha value is -5.00. The van der Waals surface area contributed by atoms with Gasteiger partial charge in [0.1, 0.15) is 5.84 Å². The number of fused-ring (bicyclic) bond motifs is 1. The molecule has 5 rings (SSSR count). The first-order valence-electron chi connectivity index (χ1n) is 20.6. The Kier molecular flexibility index (Phi) is 18.1. The Morgan fingerprint density at radius 1 is 0.912 bits per heavy atom. The van der Waals surface area contributed by atoms with E-state index >= 15 is 0 Å². The van der Waals surface area contributed by atoms with Crippen LogP contribution >= 0.6 is 0 Å². The summed E-state index contributed by atoms with van der Waals surface area (Å²) in [4.78, 5) is 20.0. The lowest BCUT2D eigenvalue weighted by atomic mass is 9.94. The van der Waals surface area contributed by atoms with E-state index < -0.39 is 0 Å². The molecular weight excluding hydrogens is 709 g/mol. The van der Waals surface area contributed by atoms with E-state index in [1.54, 1.807) is 0 Å². The van der Waals surface area contributed by atoms with Crippen LogP contribution in [0.4, 0.5) is 0 Å². The summed E-state index contributed by atoms with van der Waals surface area (Å²) in [5, 5.41) is 19.1. The molecule has 0 spiro atoms. The lowest BCUT2D eigenvalue weighted by Crippen LogP contribution is -2.39. The molecule has 0 aliphatic carbocycles. The monoisotopic (exact) mass is 773 g/mol. The molecule has 304 valence electrons. The molecule has 1 heterocycles. The number of hydrogen-bond donors (Lipinski definition) is 5. The average molecular weight is 773 g/mol. The molecule has 0 aromatic heterocycles. The van der Waals surface area contributed by atoms with Crippen LogP contribution in [0, 0.1) is 0 Å². The minimum atomic E-state index is 0.239. The maximum Gasteiger partial charge on any atom is 0.207 e. The fourth-order valence-electron chi connectivity index (χ4n) is 7.46. The molecule has 1 saturated heterocycles. The number of amidine groups is 1. The normalized spacial score (nSPS) is 14.4. The highest BCUT2D eigenvalue weighted by atomic mass is 16.5. The molecule has 0 radical (unpaired) electrons. The summed E-state index contributed by atoms with van der Waals surface area (Å²) in [6, 6.07) is 33.1. The number of ether oxygens (including phenoxy) is 1. The zero-order chi connectivity index (χ0) is 40.1. The molecule has 1 aliphatic rings. The van der Waals surface area contributed by atoms with Gasteiger partial charge in [-0.05, 0) is 89.5 Å². The standard InChI is InChI=1S/C47H64N8O2/c1-5-24-54(25-10-23-51-36-56)34-46(49-4)53-32-38-14-15-44-31-43(21-20-42(44)30-38)39-16-18-40(19-17-39)45(48-3)33-52-35-50-22-9-11-37(2)47(41-12-7-6-8-13-41)55-26-28-57-29-27-55/h6-8,12-21,30-31,33,36,47-48,50,52H,2,5,9-11,22-29,32,34-35H2,1,3-4H3,(H,49,53)(H,51,56)/b45-33-. The summed E-state index contributed by atoms with van der Waals surface area (Å²) in [7, 11) is 3.80. The third-order valence-corrected chi connectivity index (χ3v) is 10.5. The first-order valence-corrected chi connectivity index (χ1v) is 20.6. The first kappa shape index (κ1) is 43.1. The zero-order valence-electron chi connectivity index (χ0n) is 34.4. The average Bonchev–Trinajstić information content (AvgIpc) is 3.25. The summed E-state index contributed by atoms with van der Waals surface area (Å²) in [5.74, 6) is 0.972. The van der Waals surface area contributed by atoms with Crippen molar-refractivity contribution in [1.82, 2.24) is 36.4 Å². The van der Waals surface area contributed by atoms with Crippen LogP contribution in [-0.4, -0.2) is 102 Å². The molecule has 57 heavy (non-hydrogen) atoms. The SMILES string of the molecule is C=C(CCCNCN/C=C(\NC)c1ccc(-c2ccc3cc(CNC(CN(CCC)CCCNC=O)=NC)ccc3c2)cc1)C(c1ccccc1)N1CCOCC1. The number of amides is 1. The van der Waals surface area contributed by atoms with Crippen LogP contribution in [-0.2, 0) is 16.1 Å². The van der Waals surface area contributed by atoms with E-state index in [1.807, 2.05) is 20.3 Å². The van der Waals surface area contributed by atoms with Crippen LogP contribution < -0.4 is 26.6 Å². The van der Waals surface area contributed by atoms with Gasteiger partial charge in [-0.15, -0.1) is 0 Å². The van der Waals surface area contributed by atoms with Crippen molar-refractivity contribution in [2.24, 2.45) is 4.99 Å². The highest BCUT2D eigenvalue weighted by Crippen LogP contribution is 2.31. The minimum absolute atomic E-state index is 0.239. The molecule has 0 saturated carbocycles. The number of nitrogens with zero attached hydrogens (tertiary/aromatic N) is 3. The van der Waals surface area contributed by atoms with Crippen LogP contribution in [0.3, 0.4) is 0 Å². The molecule has 1 fully saturated rings. The van der Waals surface area contributed by atoms with Crippen molar-refractivity contribution in [3.05, 3.63) is 126 Å². The van der Waals surface area contributed by atoms with Crippen molar-refractivity contribution in [3.8, 4) is 11.1 Å². The Morgan fingerprint density at radius 2 is 1.67 bits per heavy atom. The molecule has 4 aromatic rings.